The smallest absolute Gasteiger partial charge is 0.469 e. The summed E-state index contributed by atoms with van der Waals surface area (Å²) >= 11 is 0. The van der Waals surface area contributed by atoms with Crippen LogP contribution in [0.2, 0.25) is 0 Å². The number of ether oxygens (including phenoxy) is 2. The summed E-state index contributed by atoms with van der Waals surface area (Å²) in [5, 5.41) is 10.8. The van der Waals surface area contributed by atoms with E-state index in [4.69, 9.17) is 0 Å². The number of rotatable bonds is 4. The molecule has 0 radical (unpaired) electrons. The Bertz CT molecular complexity index is 594. The zero-order valence-electron chi connectivity index (χ0n) is 9.82. The summed E-state index contributed by atoms with van der Waals surface area (Å²) in [4.78, 5) is 33.4. The number of methoxy groups -OCH3 is 1. The second-order valence-corrected chi connectivity index (χ2v) is 3.39. The lowest BCUT2D eigenvalue weighted by atomic mass is 10.1. The van der Waals surface area contributed by atoms with E-state index < -0.39 is 46.4 Å². The molecule has 11 heteroatoms. The molecule has 0 saturated carbocycles. The standard InChI is InChI=1S/C9H7F3N2O6/c1-19-6(16)3-4-2-5(15)13-8(7(4)14(17)18)20-9(10,11)12/h2H,3H2,1H3,(H,13,15). The van der Waals surface area contributed by atoms with E-state index in [-0.39, 0.29) is 0 Å². The van der Waals surface area contributed by atoms with Gasteiger partial charge in [0.25, 0.3) is 11.4 Å². The molecule has 0 amide bonds. The Morgan fingerprint density at radius 1 is 1.50 bits per heavy atom. The fourth-order valence-corrected chi connectivity index (χ4v) is 1.33. The van der Waals surface area contributed by atoms with Crippen molar-refractivity contribution < 1.29 is 32.4 Å². The Morgan fingerprint density at radius 3 is 2.55 bits per heavy atom. The highest BCUT2D eigenvalue weighted by molar-refractivity contribution is 5.74. The summed E-state index contributed by atoms with van der Waals surface area (Å²) in [5.41, 5.74) is -2.80. The molecule has 110 valence electrons. The maximum absolute atomic E-state index is 12.1. The molecule has 1 rings (SSSR count). The highest BCUT2D eigenvalue weighted by Crippen LogP contribution is 2.31. The van der Waals surface area contributed by atoms with Crippen molar-refractivity contribution in [2.45, 2.75) is 12.8 Å². The summed E-state index contributed by atoms with van der Waals surface area (Å²) < 4.78 is 44.0. The number of carbonyl (C=O) groups is 1. The third kappa shape index (κ3) is 3.96. The van der Waals surface area contributed by atoms with Gasteiger partial charge in [-0.05, 0) is 0 Å². The fourth-order valence-electron chi connectivity index (χ4n) is 1.33. The summed E-state index contributed by atoms with van der Waals surface area (Å²) in [5.74, 6) is -2.36. The summed E-state index contributed by atoms with van der Waals surface area (Å²) in [6.45, 7) is 0. The molecule has 0 bridgehead atoms. The van der Waals surface area contributed by atoms with Gasteiger partial charge in [0, 0.05) is 6.07 Å². The number of nitrogens with one attached hydrogen (secondary N) is 1. The van der Waals surface area contributed by atoms with Crippen molar-refractivity contribution in [2.75, 3.05) is 7.11 Å². The van der Waals surface area contributed by atoms with Crippen LogP contribution in [0, 0.1) is 10.1 Å². The summed E-state index contributed by atoms with van der Waals surface area (Å²) in [6.07, 6.45) is -5.98. The van der Waals surface area contributed by atoms with Crippen LogP contribution in [0.5, 0.6) is 5.88 Å². The number of H-pyrrole nitrogens is 1. The van der Waals surface area contributed by atoms with Crippen molar-refractivity contribution in [3.05, 3.63) is 32.1 Å². The molecular weight excluding hydrogens is 289 g/mol. The first-order valence-electron chi connectivity index (χ1n) is 4.87. The molecule has 8 nitrogen and oxygen atoms in total. The Morgan fingerprint density at radius 2 is 2.10 bits per heavy atom. The highest BCUT2D eigenvalue weighted by Gasteiger charge is 2.36. The minimum atomic E-state index is -5.24. The van der Waals surface area contributed by atoms with E-state index in [1.807, 2.05) is 0 Å². The lowest BCUT2D eigenvalue weighted by molar-refractivity contribution is -0.389. The number of hydrogen-bond acceptors (Lipinski definition) is 6. The maximum atomic E-state index is 12.1. The Kier molecular flexibility index (Phi) is 4.32. The number of nitro groups is 1. The number of aromatic nitrogens is 1. The SMILES string of the molecule is COC(=O)Cc1cc(=O)[nH]c(OC(F)(F)F)c1[N+](=O)[O-]. The Labute approximate surface area is 108 Å². The van der Waals surface area contributed by atoms with Crippen LogP contribution in [0.3, 0.4) is 0 Å². The number of aromatic amines is 1. The first-order chi connectivity index (χ1) is 9.14. The second kappa shape index (κ2) is 5.59. The van der Waals surface area contributed by atoms with Gasteiger partial charge in [-0.3, -0.25) is 24.7 Å². The third-order valence-electron chi connectivity index (χ3n) is 2.02. The van der Waals surface area contributed by atoms with Crippen LogP contribution in [-0.4, -0.2) is 29.3 Å². The van der Waals surface area contributed by atoms with E-state index in [1.54, 1.807) is 4.98 Å². The zero-order chi connectivity index (χ0) is 15.5. The van der Waals surface area contributed by atoms with Crippen LogP contribution in [0.15, 0.2) is 10.9 Å². The predicted octanol–water partition coefficient (Wildman–Crippen LogP) is 0.897. The Hall–Kier alpha value is -2.59. The van der Waals surface area contributed by atoms with Crippen LogP contribution >= 0.6 is 0 Å². The van der Waals surface area contributed by atoms with Gasteiger partial charge in [0.15, 0.2) is 0 Å². The lowest BCUT2D eigenvalue weighted by Crippen LogP contribution is -2.22. The number of halogens is 3. The number of pyridine rings is 1. The molecule has 1 heterocycles. The molecule has 20 heavy (non-hydrogen) atoms. The van der Waals surface area contributed by atoms with Gasteiger partial charge in [-0.25, -0.2) is 0 Å². The number of carbonyl (C=O) groups excluding carboxylic acids is 1. The molecular formula is C9H7F3N2O6. The molecule has 0 atom stereocenters. The van der Waals surface area contributed by atoms with E-state index in [1.165, 1.54) is 0 Å². The quantitative estimate of drug-likeness (QED) is 0.502. The fraction of sp³-hybridized carbons (Fsp3) is 0.333. The van der Waals surface area contributed by atoms with Gasteiger partial charge in [-0.15, -0.1) is 13.2 Å². The van der Waals surface area contributed by atoms with Gasteiger partial charge in [0.05, 0.1) is 24.0 Å². The summed E-state index contributed by atoms with van der Waals surface area (Å²) in [7, 11) is 0.981. The van der Waals surface area contributed by atoms with Gasteiger partial charge in [0.2, 0.25) is 0 Å². The molecule has 0 saturated heterocycles. The topological polar surface area (TPSA) is 112 Å². The van der Waals surface area contributed by atoms with Crippen molar-refractivity contribution in [3.63, 3.8) is 0 Å². The highest BCUT2D eigenvalue weighted by atomic mass is 19.4. The molecule has 0 aromatic carbocycles. The normalized spacial score (nSPS) is 11.0. The molecule has 0 aliphatic heterocycles. The van der Waals surface area contributed by atoms with Crippen LogP contribution in [0.25, 0.3) is 0 Å². The van der Waals surface area contributed by atoms with Crippen molar-refractivity contribution in [3.8, 4) is 5.88 Å². The molecule has 0 unspecified atom stereocenters. The van der Waals surface area contributed by atoms with E-state index in [0.29, 0.717) is 6.07 Å². The van der Waals surface area contributed by atoms with E-state index in [0.717, 1.165) is 7.11 Å². The number of nitrogens with zero attached hydrogens (tertiary/aromatic N) is 1. The van der Waals surface area contributed by atoms with E-state index in [2.05, 4.69) is 9.47 Å². The number of alkyl halides is 3. The van der Waals surface area contributed by atoms with Gasteiger partial charge < -0.3 is 9.47 Å². The maximum Gasteiger partial charge on any atom is 0.574 e. The third-order valence-corrected chi connectivity index (χ3v) is 2.02. The van der Waals surface area contributed by atoms with Gasteiger partial charge in [-0.1, -0.05) is 0 Å². The molecule has 1 N–H and O–H groups in total. The average Bonchev–Trinajstić information content (AvgIpc) is 2.24. The van der Waals surface area contributed by atoms with Crippen LogP contribution in [-0.2, 0) is 16.0 Å². The largest absolute Gasteiger partial charge is 0.574 e. The molecule has 1 aromatic heterocycles. The van der Waals surface area contributed by atoms with Crippen molar-refractivity contribution >= 4 is 11.7 Å². The molecule has 0 spiro atoms. The monoisotopic (exact) mass is 296 g/mol. The van der Waals surface area contributed by atoms with E-state index in [9.17, 15) is 32.9 Å². The number of esters is 1. The minimum absolute atomic E-state index is 0.551. The molecule has 0 aliphatic rings. The van der Waals surface area contributed by atoms with Crippen LogP contribution in [0.4, 0.5) is 18.9 Å². The zero-order valence-corrected chi connectivity index (χ0v) is 9.82. The average molecular weight is 296 g/mol. The van der Waals surface area contributed by atoms with Crippen LogP contribution < -0.4 is 10.3 Å². The van der Waals surface area contributed by atoms with Gasteiger partial charge in [0.1, 0.15) is 0 Å². The molecule has 0 aliphatic carbocycles. The van der Waals surface area contributed by atoms with E-state index >= 15 is 0 Å². The van der Waals surface area contributed by atoms with Crippen molar-refractivity contribution in [1.82, 2.24) is 4.98 Å². The van der Waals surface area contributed by atoms with Crippen LogP contribution in [0.1, 0.15) is 5.56 Å². The first-order valence-corrected chi connectivity index (χ1v) is 4.87. The van der Waals surface area contributed by atoms with Crippen molar-refractivity contribution in [2.24, 2.45) is 0 Å². The molecule has 1 aromatic rings. The minimum Gasteiger partial charge on any atom is -0.469 e. The van der Waals surface area contributed by atoms with Gasteiger partial charge in [-0.2, -0.15) is 0 Å². The van der Waals surface area contributed by atoms with Crippen molar-refractivity contribution in [1.29, 1.82) is 0 Å². The molecule has 0 fully saturated rings. The lowest BCUT2D eigenvalue weighted by Gasteiger charge is -2.10. The Balaban J connectivity index is 3.40. The van der Waals surface area contributed by atoms with Gasteiger partial charge >= 0.3 is 18.0 Å². The predicted molar refractivity (Wildman–Crippen MR) is 56.1 cm³/mol. The second-order valence-electron chi connectivity index (χ2n) is 3.39. The number of hydrogen-bond donors (Lipinski definition) is 1. The summed E-state index contributed by atoms with van der Waals surface area (Å²) in [6, 6.07) is 0.623. The first kappa shape index (κ1) is 15.5.